The van der Waals surface area contributed by atoms with Gasteiger partial charge in [0, 0.05) is 25.1 Å². The van der Waals surface area contributed by atoms with E-state index < -0.39 is 0 Å². The number of carbonyl (C=O) groups is 2. The monoisotopic (exact) mass is 201 g/mol. The fourth-order valence-electron chi connectivity index (χ4n) is 1.39. The van der Waals surface area contributed by atoms with Crippen LogP contribution in [0.5, 0.6) is 0 Å². The van der Waals surface area contributed by atoms with Crippen LogP contribution in [0, 0.1) is 0 Å². The number of amides is 1. The van der Waals surface area contributed by atoms with Crippen molar-refractivity contribution in [2.75, 3.05) is 12.8 Å². The lowest BCUT2D eigenvalue weighted by Gasteiger charge is -2.19. The first kappa shape index (κ1) is 10.6. The Morgan fingerprint density at radius 1 is 1.69 bits per heavy atom. The number of nitrogens with one attached hydrogen (secondary N) is 1. The summed E-state index contributed by atoms with van der Waals surface area (Å²) in [6.07, 6.45) is 3.45. The molecule has 0 saturated heterocycles. The molecule has 0 radical (unpaired) electrons. The molecule has 0 spiro atoms. The molecule has 1 fully saturated rings. The standard InChI is InChI=1S/C9H15NO2S/c1-10-9(12)6-13-8-4-2-3-7(11)5-8/h8H,2-6H2,1H3,(H,10,12). The number of hydrogen-bond acceptors (Lipinski definition) is 3. The van der Waals surface area contributed by atoms with Crippen molar-refractivity contribution in [1.29, 1.82) is 0 Å². The normalized spacial score (nSPS) is 22.8. The minimum absolute atomic E-state index is 0.0445. The van der Waals surface area contributed by atoms with E-state index in [-0.39, 0.29) is 5.91 Å². The van der Waals surface area contributed by atoms with Gasteiger partial charge in [0.05, 0.1) is 5.75 Å². The fourth-order valence-corrected chi connectivity index (χ4v) is 2.56. The molecule has 4 heteroatoms. The largest absolute Gasteiger partial charge is 0.358 e. The molecule has 13 heavy (non-hydrogen) atoms. The first-order valence-corrected chi connectivity index (χ1v) is 5.61. The number of Topliss-reactive ketones (excluding diaryl/α,β-unsaturated/α-hetero) is 1. The summed E-state index contributed by atoms with van der Waals surface area (Å²) >= 11 is 1.60. The van der Waals surface area contributed by atoms with Crippen molar-refractivity contribution in [3.63, 3.8) is 0 Å². The summed E-state index contributed by atoms with van der Waals surface area (Å²) in [6, 6.07) is 0. The third-order valence-corrected chi connectivity index (χ3v) is 3.47. The quantitative estimate of drug-likeness (QED) is 0.740. The van der Waals surface area contributed by atoms with Crippen molar-refractivity contribution in [3.8, 4) is 0 Å². The van der Waals surface area contributed by atoms with Crippen LogP contribution in [0.4, 0.5) is 0 Å². The Labute approximate surface area is 82.6 Å². The maximum Gasteiger partial charge on any atom is 0.229 e. The maximum absolute atomic E-state index is 11.1. The summed E-state index contributed by atoms with van der Waals surface area (Å²) in [7, 11) is 1.63. The van der Waals surface area contributed by atoms with Crippen LogP contribution < -0.4 is 5.32 Å². The minimum Gasteiger partial charge on any atom is -0.358 e. The van der Waals surface area contributed by atoms with E-state index in [0.717, 1.165) is 19.3 Å². The zero-order chi connectivity index (χ0) is 9.68. The molecular weight excluding hydrogens is 186 g/mol. The zero-order valence-electron chi connectivity index (χ0n) is 7.84. The molecule has 0 aromatic heterocycles. The number of ketones is 1. The lowest BCUT2D eigenvalue weighted by atomic mass is 9.99. The second kappa shape index (κ2) is 5.27. The van der Waals surface area contributed by atoms with Crippen LogP contribution in [-0.2, 0) is 9.59 Å². The third-order valence-electron chi connectivity index (χ3n) is 2.17. The lowest BCUT2D eigenvalue weighted by Crippen LogP contribution is -2.23. The molecule has 1 atom stereocenters. The molecule has 1 aliphatic carbocycles. The van der Waals surface area contributed by atoms with Crippen molar-refractivity contribution in [1.82, 2.24) is 5.32 Å². The van der Waals surface area contributed by atoms with Crippen LogP contribution in [0.2, 0.25) is 0 Å². The highest BCUT2D eigenvalue weighted by molar-refractivity contribution is 8.00. The van der Waals surface area contributed by atoms with Gasteiger partial charge in [-0.3, -0.25) is 9.59 Å². The highest BCUT2D eigenvalue weighted by Crippen LogP contribution is 2.25. The SMILES string of the molecule is CNC(=O)CSC1CCCC(=O)C1. The van der Waals surface area contributed by atoms with Gasteiger partial charge in [-0.2, -0.15) is 0 Å². The predicted octanol–water partition coefficient (Wildman–Crippen LogP) is 0.977. The molecule has 74 valence electrons. The van der Waals surface area contributed by atoms with E-state index in [1.54, 1.807) is 18.8 Å². The van der Waals surface area contributed by atoms with Gasteiger partial charge in [-0.1, -0.05) is 0 Å². The van der Waals surface area contributed by atoms with Crippen molar-refractivity contribution < 1.29 is 9.59 Å². The molecule has 0 bridgehead atoms. The van der Waals surface area contributed by atoms with E-state index in [1.165, 1.54) is 0 Å². The molecule has 1 unspecified atom stereocenters. The first-order chi connectivity index (χ1) is 6.22. The van der Waals surface area contributed by atoms with Gasteiger partial charge in [0.25, 0.3) is 0 Å². The number of thioether (sulfide) groups is 1. The van der Waals surface area contributed by atoms with Gasteiger partial charge in [0.2, 0.25) is 5.91 Å². The van der Waals surface area contributed by atoms with Crippen molar-refractivity contribution >= 4 is 23.5 Å². The first-order valence-electron chi connectivity index (χ1n) is 4.56. The molecule has 1 saturated carbocycles. The number of rotatable bonds is 3. The summed E-state index contributed by atoms with van der Waals surface area (Å²) < 4.78 is 0. The Bertz CT molecular complexity index is 206. The van der Waals surface area contributed by atoms with Crippen molar-refractivity contribution in [2.45, 2.75) is 30.9 Å². The lowest BCUT2D eigenvalue weighted by molar-refractivity contribution is -0.120. The van der Waals surface area contributed by atoms with E-state index >= 15 is 0 Å². The van der Waals surface area contributed by atoms with E-state index in [9.17, 15) is 9.59 Å². The zero-order valence-corrected chi connectivity index (χ0v) is 8.65. The highest BCUT2D eigenvalue weighted by atomic mass is 32.2. The Hall–Kier alpha value is -0.510. The van der Waals surface area contributed by atoms with Gasteiger partial charge in [-0.15, -0.1) is 11.8 Å². The molecule has 3 nitrogen and oxygen atoms in total. The summed E-state index contributed by atoms with van der Waals surface area (Å²) in [5.41, 5.74) is 0. The van der Waals surface area contributed by atoms with Crippen LogP contribution in [0.3, 0.4) is 0 Å². The van der Waals surface area contributed by atoms with Gasteiger partial charge < -0.3 is 5.32 Å². The topological polar surface area (TPSA) is 46.2 Å². The molecule has 0 aromatic rings. The Morgan fingerprint density at radius 3 is 3.08 bits per heavy atom. The minimum atomic E-state index is 0.0445. The Balaban J connectivity index is 2.20. The maximum atomic E-state index is 11.1. The van der Waals surface area contributed by atoms with E-state index in [2.05, 4.69) is 5.32 Å². The molecule has 1 aliphatic rings. The fraction of sp³-hybridized carbons (Fsp3) is 0.778. The van der Waals surface area contributed by atoms with E-state index in [1.807, 2.05) is 0 Å². The second-order valence-electron chi connectivity index (χ2n) is 3.24. The van der Waals surface area contributed by atoms with Crippen LogP contribution in [0.1, 0.15) is 25.7 Å². The number of carbonyl (C=O) groups excluding carboxylic acids is 2. The smallest absolute Gasteiger partial charge is 0.229 e. The Morgan fingerprint density at radius 2 is 2.46 bits per heavy atom. The van der Waals surface area contributed by atoms with E-state index in [4.69, 9.17) is 0 Å². The average Bonchev–Trinajstić information content (AvgIpc) is 2.14. The molecule has 0 aromatic carbocycles. The van der Waals surface area contributed by atoms with Crippen LogP contribution >= 0.6 is 11.8 Å². The average molecular weight is 201 g/mol. The third kappa shape index (κ3) is 3.81. The van der Waals surface area contributed by atoms with Gasteiger partial charge in [0.1, 0.15) is 5.78 Å². The highest BCUT2D eigenvalue weighted by Gasteiger charge is 2.20. The summed E-state index contributed by atoms with van der Waals surface area (Å²) in [5.74, 6) is 0.873. The second-order valence-corrected chi connectivity index (χ2v) is 4.53. The van der Waals surface area contributed by atoms with Crippen LogP contribution in [0.15, 0.2) is 0 Å². The molecule has 1 amide bonds. The number of hydrogen-bond donors (Lipinski definition) is 1. The van der Waals surface area contributed by atoms with Gasteiger partial charge >= 0.3 is 0 Å². The summed E-state index contributed by atoms with van der Waals surface area (Å²) in [4.78, 5) is 22.0. The van der Waals surface area contributed by atoms with Crippen molar-refractivity contribution in [3.05, 3.63) is 0 Å². The molecule has 0 aliphatic heterocycles. The van der Waals surface area contributed by atoms with Gasteiger partial charge in [0.15, 0.2) is 0 Å². The summed E-state index contributed by atoms with van der Waals surface area (Å²) in [5, 5.41) is 2.94. The van der Waals surface area contributed by atoms with Crippen molar-refractivity contribution in [2.24, 2.45) is 0 Å². The van der Waals surface area contributed by atoms with Crippen LogP contribution in [0.25, 0.3) is 0 Å². The summed E-state index contributed by atoms with van der Waals surface area (Å²) in [6.45, 7) is 0. The Kier molecular flexibility index (Phi) is 4.28. The predicted molar refractivity (Wildman–Crippen MR) is 53.8 cm³/mol. The molecule has 0 heterocycles. The molecular formula is C9H15NO2S. The van der Waals surface area contributed by atoms with Gasteiger partial charge in [-0.05, 0) is 12.8 Å². The van der Waals surface area contributed by atoms with Gasteiger partial charge in [-0.25, -0.2) is 0 Å². The van der Waals surface area contributed by atoms with E-state index in [0.29, 0.717) is 23.2 Å². The van der Waals surface area contributed by atoms with Crippen LogP contribution in [-0.4, -0.2) is 29.7 Å². The molecule has 1 N–H and O–H groups in total. The molecule has 1 rings (SSSR count).